The second-order valence-electron chi connectivity index (χ2n) is 6.16. The smallest absolute Gasteiger partial charge is 0.212 e. The number of ether oxygens (including phenoxy) is 1. The zero-order chi connectivity index (χ0) is 18.4. The summed E-state index contributed by atoms with van der Waals surface area (Å²) in [6, 6.07) is 12.6. The van der Waals surface area contributed by atoms with Gasteiger partial charge in [-0.1, -0.05) is 18.2 Å². The lowest BCUT2D eigenvalue weighted by Gasteiger charge is -2.21. The van der Waals surface area contributed by atoms with Crippen LogP contribution < -0.4 is 20.3 Å². The second kappa shape index (κ2) is 8.89. The zero-order valence-corrected chi connectivity index (χ0v) is 16.7. The molecule has 1 aromatic carbocycles. The molecule has 1 fully saturated rings. The first kappa shape index (κ1) is 18.5. The molecule has 1 saturated heterocycles. The predicted octanol–water partition coefficient (Wildman–Crippen LogP) is 2.80. The fraction of sp³-hybridized carbons (Fsp3) is 0.368. The molecule has 0 spiro atoms. The van der Waals surface area contributed by atoms with Crippen LogP contribution in [0.5, 0.6) is 5.88 Å². The summed E-state index contributed by atoms with van der Waals surface area (Å²) in [7, 11) is 3.41. The van der Waals surface area contributed by atoms with Gasteiger partial charge in [-0.2, -0.15) is 0 Å². The van der Waals surface area contributed by atoms with Gasteiger partial charge in [-0.05, 0) is 40.0 Å². The molecule has 1 atom stereocenters. The number of pyridine rings is 1. The van der Waals surface area contributed by atoms with Crippen molar-refractivity contribution >= 4 is 27.6 Å². The van der Waals surface area contributed by atoms with E-state index in [9.17, 15) is 0 Å². The molecule has 26 heavy (non-hydrogen) atoms. The van der Waals surface area contributed by atoms with Gasteiger partial charge in [0.2, 0.25) is 5.88 Å². The summed E-state index contributed by atoms with van der Waals surface area (Å²) in [5.74, 6) is 1.43. The summed E-state index contributed by atoms with van der Waals surface area (Å²) in [5, 5.41) is 6.86. The Bertz CT molecular complexity index is 750. The number of guanidine groups is 1. The van der Waals surface area contributed by atoms with Gasteiger partial charge in [-0.15, -0.1) is 0 Å². The quantitative estimate of drug-likeness (QED) is 0.578. The van der Waals surface area contributed by atoms with Crippen molar-refractivity contribution in [1.29, 1.82) is 0 Å². The van der Waals surface area contributed by atoms with E-state index >= 15 is 0 Å². The Kier molecular flexibility index (Phi) is 6.33. The maximum Gasteiger partial charge on any atom is 0.212 e. The Morgan fingerprint density at radius 3 is 2.88 bits per heavy atom. The van der Waals surface area contributed by atoms with Crippen LogP contribution in [0.4, 0.5) is 5.69 Å². The highest BCUT2D eigenvalue weighted by molar-refractivity contribution is 9.10. The lowest BCUT2D eigenvalue weighted by Crippen LogP contribution is -2.44. The first-order valence-corrected chi connectivity index (χ1v) is 9.44. The number of rotatable bonds is 5. The summed E-state index contributed by atoms with van der Waals surface area (Å²) in [6.45, 7) is 2.64. The van der Waals surface area contributed by atoms with E-state index in [4.69, 9.17) is 4.74 Å². The van der Waals surface area contributed by atoms with E-state index < -0.39 is 0 Å². The summed E-state index contributed by atoms with van der Waals surface area (Å²) in [6.07, 6.45) is 2.88. The summed E-state index contributed by atoms with van der Waals surface area (Å²) >= 11 is 3.64. The number of halogens is 1. The molecule has 0 radical (unpaired) electrons. The molecule has 1 unspecified atom stereocenters. The fourth-order valence-corrected chi connectivity index (χ4v) is 3.55. The third-order valence-corrected chi connectivity index (χ3v) is 5.08. The fourth-order valence-electron chi connectivity index (χ4n) is 3.02. The van der Waals surface area contributed by atoms with Gasteiger partial charge in [0, 0.05) is 49.5 Å². The van der Waals surface area contributed by atoms with Gasteiger partial charge in [0.15, 0.2) is 5.96 Å². The predicted molar refractivity (Wildman–Crippen MR) is 109 cm³/mol. The van der Waals surface area contributed by atoms with Crippen molar-refractivity contribution < 1.29 is 4.74 Å². The van der Waals surface area contributed by atoms with E-state index in [1.165, 1.54) is 5.69 Å². The van der Waals surface area contributed by atoms with Gasteiger partial charge >= 0.3 is 0 Å². The minimum atomic E-state index is 0.363. The molecule has 138 valence electrons. The molecule has 1 aliphatic heterocycles. The van der Waals surface area contributed by atoms with E-state index in [0.717, 1.165) is 35.5 Å². The number of methoxy groups -OCH3 is 1. The molecule has 7 heteroatoms. The number of hydrogen-bond donors (Lipinski definition) is 2. The summed E-state index contributed by atoms with van der Waals surface area (Å²) < 4.78 is 6.22. The lowest BCUT2D eigenvalue weighted by molar-refractivity contribution is 0.397. The number of nitrogens with one attached hydrogen (secondary N) is 2. The van der Waals surface area contributed by atoms with Crippen LogP contribution in [0, 0.1) is 0 Å². The van der Waals surface area contributed by atoms with Gasteiger partial charge in [0.05, 0.1) is 12.8 Å². The van der Waals surface area contributed by atoms with Crippen molar-refractivity contribution in [3.05, 3.63) is 52.6 Å². The van der Waals surface area contributed by atoms with Crippen LogP contribution in [0.1, 0.15) is 12.0 Å². The number of anilines is 1. The topological polar surface area (TPSA) is 61.8 Å². The molecular weight excluding hydrogens is 394 g/mol. The molecule has 1 aromatic heterocycles. The van der Waals surface area contributed by atoms with E-state index in [1.807, 2.05) is 24.4 Å². The van der Waals surface area contributed by atoms with Gasteiger partial charge in [-0.3, -0.25) is 4.99 Å². The molecule has 0 saturated carbocycles. The third-order valence-electron chi connectivity index (χ3n) is 4.41. The lowest BCUT2D eigenvalue weighted by atomic mass is 10.2. The first-order valence-electron chi connectivity index (χ1n) is 8.65. The number of hydrogen-bond acceptors (Lipinski definition) is 4. The monoisotopic (exact) mass is 417 g/mol. The Morgan fingerprint density at radius 2 is 2.19 bits per heavy atom. The van der Waals surface area contributed by atoms with Gasteiger partial charge in [0.25, 0.3) is 0 Å². The van der Waals surface area contributed by atoms with Crippen LogP contribution in [-0.4, -0.2) is 44.2 Å². The van der Waals surface area contributed by atoms with Crippen LogP contribution >= 0.6 is 15.9 Å². The van der Waals surface area contributed by atoms with Crippen molar-refractivity contribution in [2.24, 2.45) is 4.99 Å². The van der Waals surface area contributed by atoms with E-state index in [2.05, 4.69) is 59.6 Å². The molecule has 2 aromatic rings. The number of nitrogens with zero attached hydrogens (tertiary/aromatic N) is 3. The normalized spacial score (nSPS) is 17.3. The Hall–Kier alpha value is -2.28. The van der Waals surface area contributed by atoms with E-state index in [0.29, 0.717) is 18.5 Å². The Balaban J connectivity index is 1.51. The molecule has 0 bridgehead atoms. The minimum Gasteiger partial charge on any atom is -0.481 e. The molecule has 2 heterocycles. The molecular formula is C19H24BrN5O. The first-order chi connectivity index (χ1) is 12.7. The van der Waals surface area contributed by atoms with Crippen molar-refractivity contribution in [2.45, 2.75) is 19.0 Å². The Labute approximate surface area is 162 Å². The number of aromatic nitrogens is 1. The number of benzene rings is 1. The van der Waals surface area contributed by atoms with Crippen molar-refractivity contribution in [2.75, 3.05) is 32.1 Å². The van der Waals surface area contributed by atoms with Crippen molar-refractivity contribution in [3.63, 3.8) is 0 Å². The second-order valence-corrected chi connectivity index (χ2v) is 7.02. The molecule has 1 aliphatic rings. The van der Waals surface area contributed by atoms with Crippen LogP contribution in [-0.2, 0) is 6.54 Å². The van der Waals surface area contributed by atoms with Gasteiger partial charge in [0.1, 0.15) is 0 Å². The standard InChI is InChI=1S/C19H24BrN5O/c1-21-19(23-12-14-7-8-18(26-2)22-11-14)24-15-9-10-25(13-15)17-6-4-3-5-16(17)20/h3-8,11,15H,9-10,12-13H2,1-2H3,(H2,21,23,24). The van der Waals surface area contributed by atoms with Crippen LogP contribution in [0.2, 0.25) is 0 Å². The average molecular weight is 418 g/mol. The number of aliphatic imine (C=N–C) groups is 1. The van der Waals surface area contributed by atoms with E-state index in [1.54, 1.807) is 14.2 Å². The van der Waals surface area contributed by atoms with Gasteiger partial charge in [-0.25, -0.2) is 4.98 Å². The molecule has 0 amide bonds. The largest absolute Gasteiger partial charge is 0.481 e. The van der Waals surface area contributed by atoms with Crippen LogP contribution in [0.15, 0.2) is 52.1 Å². The average Bonchev–Trinajstić information content (AvgIpc) is 3.14. The number of para-hydroxylation sites is 1. The molecule has 0 aliphatic carbocycles. The zero-order valence-electron chi connectivity index (χ0n) is 15.1. The van der Waals surface area contributed by atoms with E-state index in [-0.39, 0.29) is 0 Å². The van der Waals surface area contributed by atoms with Crippen molar-refractivity contribution in [1.82, 2.24) is 15.6 Å². The summed E-state index contributed by atoms with van der Waals surface area (Å²) in [4.78, 5) is 11.0. The molecule has 3 rings (SSSR count). The highest BCUT2D eigenvalue weighted by Crippen LogP contribution is 2.28. The molecule has 2 N–H and O–H groups in total. The maximum atomic E-state index is 5.08. The highest BCUT2D eigenvalue weighted by Gasteiger charge is 2.24. The summed E-state index contributed by atoms with van der Waals surface area (Å²) in [5.41, 5.74) is 2.32. The maximum absolute atomic E-state index is 5.08. The van der Waals surface area contributed by atoms with Crippen molar-refractivity contribution in [3.8, 4) is 5.88 Å². The highest BCUT2D eigenvalue weighted by atomic mass is 79.9. The van der Waals surface area contributed by atoms with Gasteiger partial charge < -0.3 is 20.3 Å². The molecule has 6 nitrogen and oxygen atoms in total. The third kappa shape index (κ3) is 4.66. The van der Waals surface area contributed by atoms with Crippen LogP contribution in [0.25, 0.3) is 0 Å². The van der Waals surface area contributed by atoms with Crippen LogP contribution in [0.3, 0.4) is 0 Å². The minimum absolute atomic E-state index is 0.363. The Morgan fingerprint density at radius 1 is 1.35 bits per heavy atom. The SMILES string of the molecule is CN=C(NCc1ccc(OC)nc1)NC1CCN(c2ccccc2Br)C1.